The molecule has 0 bridgehead atoms. The Kier molecular flexibility index (Phi) is 5.97. The number of rotatable bonds is 8. The molecule has 30 heavy (non-hydrogen) atoms. The van der Waals surface area contributed by atoms with Crippen molar-refractivity contribution >= 4 is 11.6 Å². The molecule has 1 amide bonds. The summed E-state index contributed by atoms with van der Waals surface area (Å²) in [6, 6.07) is 15.1. The highest BCUT2D eigenvalue weighted by Crippen LogP contribution is 2.33. The molecule has 3 aromatic rings. The molecule has 1 aliphatic rings. The van der Waals surface area contributed by atoms with E-state index in [0.717, 1.165) is 29.8 Å². The highest BCUT2D eigenvalue weighted by Gasteiger charge is 2.34. The molecule has 0 aliphatic carbocycles. The fraction of sp³-hybridized carbons (Fsp3) is 0.348. The number of carbonyl (C=O) groups excluding carboxylic acids is 1. The van der Waals surface area contributed by atoms with Crippen molar-refractivity contribution in [3.63, 3.8) is 0 Å². The number of carbonyl (C=O) groups is 1. The summed E-state index contributed by atoms with van der Waals surface area (Å²) < 4.78 is 16.4. The number of aromatic nitrogens is 2. The van der Waals surface area contributed by atoms with Gasteiger partial charge in [-0.15, -0.1) is 0 Å². The van der Waals surface area contributed by atoms with Crippen molar-refractivity contribution in [2.75, 3.05) is 25.2 Å². The molecule has 7 nitrogen and oxygen atoms in total. The molecule has 2 heterocycles. The van der Waals surface area contributed by atoms with Crippen LogP contribution in [0.25, 0.3) is 11.5 Å². The van der Waals surface area contributed by atoms with Crippen molar-refractivity contribution in [3.05, 3.63) is 54.4 Å². The third-order valence-corrected chi connectivity index (χ3v) is 5.16. The lowest BCUT2D eigenvalue weighted by molar-refractivity contribution is -0.117. The van der Waals surface area contributed by atoms with Crippen LogP contribution in [0.2, 0.25) is 0 Å². The predicted octanol–water partition coefficient (Wildman–Crippen LogP) is 4.44. The molecule has 0 radical (unpaired) electrons. The number of unbranched alkanes of at least 4 members (excludes halogenated alkanes) is 1. The van der Waals surface area contributed by atoms with Crippen LogP contribution in [-0.2, 0) is 4.79 Å². The zero-order valence-electron chi connectivity index (χ0n) is 17.2. The average Bonchev–Trinajstić information content (AvgIpc) is 3.41. The minimum absolute atomic E-state index is 0.0354. The summed E-state index contributed by atoms with van der Waals surface area (Å²) in [6.45, 7) is 3.35. The van der Waals surface area contributed by atoms with Gasteiger partial charge < -0.3 is 18.9 Å². The van der Waals surface area contributed by atoms with Crippen LogP contribution in [0, 0.1) is 0 Å². The van der Waals surface area contributed by atoms with Gasteiger partial charge in [-0.3, -0.25) is 4.79 Å². The monoisotopic (exact) mass is 407 g/mol. The Morgan fingerprint density at radius 2 is 2.00 bits per heavy atom. The van der Waals surface area contributed by atoms with Crippen molar-refractivity contribution < 1.29 is 18.8 Å². The van der Waals surface area contributed by atoms with Crippen LogP contribution in [-0.4, -0.2) is 36.3 Å². The first-order chi connectivity index (χ1) is 14.7. The summed E-state index contributed by atoms with van der Waals surface area (Å²) in [5.74, 6) is 2.45. The smallest absolute Gasteiger partial charge is 0.257 e. The number of ether oxygens (including phenoxy) is 2. The van der Waals surface area contributed by atoms with E-state index in [-0.39, 0.29) is 11.8 Å². The van der Waals surface area contributed by atoms with Crippen LogP contribution >= 0.6 is 0 Å². The second-order valence-corrected chi connectivity index (χ2v) is 7.29. The van der Waals surface area contributed by atoms with Crippen molar-refractivity contribution in [3.8, 4) is 23.0 Å². The zero-order valence-corrected chi connectivity index (χ0v) is 17.2. The van der Waals surface area contributed by atoms with Gasteiger partial charge >= 0.3 is 0 Å². The van der Waals surface area contributed by atoms with Crippen molar-refractivity contribution in [2.45, 2.75) is 32.1 Å². The number of hydrogen-bond donors (Lipinski definition) is 0. The Labute approximate surface area is 175 Å². The van der Waals surface area contributed by atoms with Crippen LogP contribution < -0.4 is 14.4 Å². The fourth-order valence-corrected chi connectivity index (χ4v) is 3.45. The SMILES string of the molecule is CCCCOc1ccc(-c2nc(C3CC(=O)N(c4cccc(OC)c4)C3)no2)cc1. The first kappa shape index (κ1) is 19.9. The van der Waals surface area contributed by atoms with Crippen LogP contribution in [0.1, 0.15) is 37.9 Å². The van der Waals surface area contributed by atoms with Gasteiger partial charge in [-0.1, -0.05) is 24.6 Å². The van der Waals surface area contributed by atoms with E-state index in [1.165, 1.54) is 0 Å². The third kappa shape index (κ3) is 4.30. The first-order valence-corrected chi connectivity index (χ1v) is 10.2. The molecule has 4 rings (SSSR count). The maximum absolute atomic E-state index is 12.6. The van der Waals surface area contributed by atoms with E-state index in [1.54, 1.807) is 12.0 Å². The van der Waals surface area contributed by atoms with E-state index in [2.05, 4.69) is 17.1 Å². The number of amides is 1. The molecule has 7 heteroatoms. The van der Waals surface area contributed by atoms with Crippen molar-refractivity contribution in [1.29, 1.82) is 0 Å². The van der Waals surface area contributed by atoms with E-state index in [9.17, 15) is 4.79 Å². The number of benzene rings is 2. The fourth-order valence-electron chi connectivity index (χ4n) is 3.45. The molecule has 1 saturated heterocycles. The second-order valence-electron chi connectivity index (χ2n) is 7.29. The summed E-state index contributed by atoms with van der Waals surface area (Å²) in [5.41, 5.74) is 1.63. The normalized spacial score (nSPS) is 16.1. The number of nitrogens with zero attached hydrogens (tertiary/aromatic N) is 3. The molecule has 0 N–H and O–H groups in total. The van der Waals surface area contributed by atoms with Crippen molar-refractivity contribution in [2.24, 2.45) is 0 Å². The molecule has 0 saturated carbocycles. The van der Waals surface area contributed by atoms with Crippen LogP contribution in [0.3, 0.4) is 0 Å². The van der Waals surface area contributed by atoms with Crippen LogP contribution in [0.5, 0.6) is 11.5 Å². The van der Waals surface area contributed by atoms with Gasteiger partial charge in [0.2, 0.25) is 5.91 Å². The van der Waals surface area contributed by atoms with E-state index in [4.69, 9.17) is 14.0 Å². The lowest BCUT2D eigenvalue weighted by Gasteiger charge is -2.16. The maximum Gasteiger partial charge on any atom is 0.257 e. The molecule has 1 aromatic heterocycles. The third-order valence-electron chi connectivity index (χ3n) is 5.16. The Hall–Kier alpha value is -3.35. The van der Waals surface area contributed by atoms with Crippen molar-refractivity contribution in [1.82, 2.24) is 10.1 Å². The summed E-state index contributed by atoms with van der Waals surface area (Å²) >= 11 is 0. The summed E-state index contributed by atoms with van der Waals surface area (Å²) in [7, 11) is 1.61. The Balaban J connectivity index is 1.44. The molecular weight excluding hydrogens is 382 g/mol. The average molecular weight is 407 g/mol. The molecule has 1 unspecified atom stereocenters. The van der Waals surface area contributed by atoms with Gasteiger partial charge in [0, 0.05) is 36.2 Å². The Morgan fingerprint density at radius 3 is 2.77 bits per heavy atom. The molecule has 1 aliphatic heterocycles. The molecule has 0 spiro atoms. The lowest BCUT2D eigenvalue weighted by Crippen LogP contribution is -2.24. The van der Waals surface area contributed by atoms with Gasteiger partial charge in [-0.05, 0) is 42.8 Å². The second kappa shape index (κ2) is 8.98. The maximum atomic E-state index is 12.6. The van der Waals surface area contributed by atoms with Crippen LogP contribution in [0.4, 0.5) is 5.69 Å². The largest absolute Gasteiger partial charge is 0.497 e. The van der Waals surface area contributed by atoms with E-state index < -0.39 is 0 Å². The number of hydrogen-bond acceptors (Lipinski definition) is 6. The molecule has 156 valence electrons. The predicted molar refractivity (Wildman–Crippen MR) is 113 cm³/mol. The highest BCUT2D eigenvalue weighted by atomic mass is 16.5. The minimum Gasteiger partial charge on any atom is -0.497 e. The van der Waals surface area contributed by atoms with Gasteiger partial charge in [-0.25, -0.2) is 0 Å². The van der Waals surface area contributed by atoms with Crippen LogP contribution in [0.15, 0.2) is 53.1 Å². The van der Waals surface area contributed by atoms with E-state index >= 15 is 0 Å². The van der Waals surface area contributed by atoms with Gasteiger partial charge in [0.1, 0.15) is 11.5 Å². The summed E-state index contributed by atoms with van der Waals surface area (Å²) in [6.07, 6.45) is 2.48. The zero-order chi connectivity index (χ0) is 20.9. The van der Waals surface area contributed by atoms with Gasteiger partial charge in [0.25, 0.3) is 5.89 Å². The highest BCUT2D eigenvalue weighted by molar-refractivity contribution is 5.96. The summed E-state index contributed by atoms with van der Waals surface area (Å²) in [4.78, 5) is 18.8. The Morgan fingerprint density at radius 1 is 1.17 bits per heavy atom. The molecule has 2 aromatic carbocycles. The standard InChI is InChI=1S/C23H25N3O4/c1-3-4-12-29-19-10-8-16(9-11-19)23-24-22(25-30-23)17-13-21(27)26(15-17)18-6-5-7-20(14-18)28-2/h5-11,14,17H,3-4,12-13,15H2,1-2H3. The van der Waals surface area contributed by atoms with Gasteiger partial charge in [0.15, 0.2) is 5.82 Å². The number of anilines is 1. The van der Waals surface area contributed by atoms with E-state index in [1.807, 2.05) is 48.5 Å². The molecular formula is C23H25N3O4. The number of methoxy groups -OCH3 is 1. The lowest BCUT2D eigenvalue weighted by atomic mass is 10.1. The summed E-state index contributed by atoms with van der Waals surface area (Å²) in [5, 5.41) is 4.13. The van der Waals surface area contributed by atoms with Gasteiger partial charge in [-0.2, -0.15) is 4.98 Å². The van der Waals surface area contributed by atoms with E-state index in [0.29, 0.717) is 37.0 Å². The van der Waals surface area contributed by atoms with Gasteiger partial charge in [0.05, 0.1) is 13.7 Å². The topological polar surface area (TPSA) is 77.7 Å². The Bertz CT molecular complexity index is 1000. The minimum atomic E-state index is -0.113. The quantitative estimate of drug-likeness (QED) is 0.514. The molecule has 1 fully saturated rings. The first-order valence-electron chi connectivity index (χ1n) is 10.2. The molecule has 1 atom stereocenters.